The van der Waals surface area contributed by atoms with E-state index in [9.17, 15) is 9.59 Å². The van der Waals surface area contributed by atoms with E-state index in [-0.39, 0.29) is 11.9 Å². The van der Waals surface area contributed by atoms with Gasteiger partial charge in [0.1, 0.15) is 0 Å². The van der Waals surface area contributed by atoms with Gasteiger partial charge < -0.3 is 9.47 Å². The summed E-state index contributed by atoms with van der Waals surface area (Å²) in [5, 5.41) is 0. The number of esters is 2. The Kier molecular flexibility index (Phi) is 57.1. The molecule has 0 rings (SSSR count). The molecule has 0 N–H and O–H groups in total. The summed E-state index contributed by atoms with van der Waals surface area (Å²) < 4.78 is 11.0. The SMILES string of the molecule is CCCCCCCCCCCCCCCCCCCCOC(=O)CCCCCCCCCCCCCCCCCCC(=O)OCCCCCCCCCCCCCCCCCCCC. The number of unbranched alkanes of at least 4 members (excludes halogenated alkanes) is 49. The Labute approximate surface area is 403 Å². The second-order valence-electron chi connectivity index (χ2n) is 20.6. The van der Waals surface area contributed by atoms with Crippen LogP contribution in [-0.4, -0.2) is 25.2 Å². The summed E-state index contributed by atoms with van der Waals surface area (Å²) in [6.45, 7) is 5.84. The fourth-order valence-electron chi connectivity index (χ4n) is 9.54. The Hall–Kier alpha value is -1.06. The topological polar surface area (TPSA) is 52.6 Å². The van der Waals surface area contributed by atoms with Gasteiger partial charge in [0.2, 0.25) is 0 Å². The van der Waals surface area contributed by atoms with E-state index in [1.165, 1.54) is 295 Å². The van der Waals surface area contributed by atoms with Crippen LogP contribution in [0, 0.1) is 0 Å². The third-order valence-corrected chi connectivity index (χ3v) is 14.0. The van der Waals surface area contributed by atoms with Gasteiger partial charge in [-0.05, 0) is 25.7 Å². The van der Waals surface area contributed by atoms with Crippen LogP contribution >= 0.6 is 0 Å². The maximum absolute atomic E-state index is 12.1. The van der Waals surface area contributed by atoms with Crippen molar-refractivity contribution in [3.63, 3.8) is 0 Å². The van der Waals surface area contributed by atoms with Gasteiger partial charge in [0.05, 0.1) is 13.2 Å². The maximum Gasteiger partial charge on any atom is 0.305 e. The molecule has 0 aliphatic rings. The largest absolute Gasteiger partial charge is 0.466 e. The molecule has 0 saturated carbocycles. The van der Waals surface area contributed by atoms with Crippen LogP contribution in [0.25, 0.3) is 0 Å². The Morgan fingerprint density at radius 1 is 0.203 bits per heavy atom. The highest BCUT2D eigenvalue weighted by atomic mass is 16.5. The highest BCUT2D eigenvalue weighted by Gasteiger charge is 2.05. The van der Waals surface area contributed by atoms with Crippen molar-refractivity contribution in [3.05, 3.63) is 0 Å². The van der Waals surface area contributed by atoms with Crippen LogP contribution in [0.2, 0.25) is 0 Å². The van der Waals surface area contributed by atoms with Crippen LogP contribution in [0.5, 0.6) is 0 Å². The van der Waals surface area contributed by atoms with Crippen LogP contribution in [0.3, 0.4) is 0 Å². The third kappa shape index (κ3) is 57.1. The molecular formula is C60H118O4. The molecule has 0 atom stereocenters. The molecule has 0 unspecified atom stereocenters. The highest BCUT2D eigenvalue weighted by molar-refractivity contribution is 5.69. The van der Waals surface area contributed by atoms with E-state index in [1.807, 2.05) is 0 Å². The zero-order valence-electron chi connectivity index (χ0n) is 44.2. The molecule has 0 aromatic rings. The molecule has 0 aliphatic heterocycles. The molecule has 4 nitrogen and oxygen atoms in total. The summed E-state index contributed by atoms with van der Waals surface area (Å²) in [6.07, 6.45) is 71.3. The molecule has 0 spiro atoms. The average molecular weight is 904 g/mol. The fourth-order valence-corrected chi connectivity index (χ4v) is 9.54. The van der Waals surface area contributed by atoms with Crippen molar-refractivity contribution in [1.82, 2.24) is 0 Å². The predicted octanol–water partition coefficient (Wildman–Crippen LogP) is 21.2. The lowest BCUT2D eigenvalue weighted by molar-refractivity contribution is -0.144. The van der Waals surface area contributed by atoms with Gasteiger partial charge in [-0.25, -0.2) is 0 Å². The molecule has 0 aromatic carbocycles. The van der Waals surface area contributed by atoms with Crippen molar-refractivity contribution in [3.8, 4) is 0 Å². The van der Waals surface area contributed by atoms with Gasteiger partial charge >= 0.3 is 11.9 Å². The molecule has 382 valence electrons. The Morgan fingerprint density at radius 2 is 0.344 bits per heavy atom. The van der Waals surface area contributed by atoms with Gasteiger partial charge in [0, 0.05) is 12.8 Å². The minimum absolute atomic E-state index is 0.0185. The van der Waals surface area contributed by atoms with E-state index >= 15 is 0 Å². The molecule has 0 fully saturated rings. The van der Waals surface area contributed by atoms with Gasteiger partial charge in [0.15, 0.2) is 0 Å². The summed E-state index contributed by atoms with van der Waals surface area (Å²) in [6, 6.07) is 0. The molecule has 4 heteroatoms. The third-order valence-electron chi connectivity index (χ3n) is 14.0. The zero-order chi connectivity index (χ0) is 46.2. The second-order valence-corrected chi connectivity index (χ2v) is 20.6. The summed E-state index contributed by atoms with van der Waals surface area (Å²) in [5.41, 5.74) is 0. The van der Waals surface area contributed by atoms with Gasteiger partial charge in [-0.15, -0.1) is 0 Å². The van der Waals surface area contributed by atoms with Crippen molar-refractivity contribution >= 4 is 11.9 Å². The minimum atomic E-state index is 0.0185. The smallest absolute Gasteiger partial charge is 0.305 e. The molecule has 0 radical (unpaired) electrons. The van der Waals surface area contributed by atoms with Crippen molar-refractivity contribution in [2.75, 3.05) is 13.2 Å². The minimum Gasteiger partial charge on any atom is -0.466 e. The normalized spacial score (nSPS) is 11.5. The van der Waals surface area contributed by atoms with E-state index in [0.717, 1.165) is 38.5 Å². The first-order chi connectivity index (χ1) is 31.7. The lowest BCUT2D eigenvalue weighted by Crippen LogP contribution is -2.05. The summed E-state index contributed by atoms with van der Waals surface area (Å²) in [4.78, 5) is 24.2. The maximum atomic E-state index is 12.1. The van der Waals surface area contributed by atoms with E-state index < -0.39 is 0 Å². The summed E-state index contributed by atoms with van der Waals surface area (Å²) in [5.74, 6) is 0.0370. The zero-order valence-corrected chi connectivity index (χ0v) is 44.2. The van der Waals surface area contributed by atoms with Gasteiger partial charge in [-0.2, -0.15) is 0 Å². The monoisotopic (exact) mass is 903 g/mol. The van der Waals surface area contributed by atoms with E-state index in [1.54, 1.807) is 0 Å². The molecule has 0 amide bonds. The molecule has 0 saturated heterocycles. The molecule has 64 heavy (non-hydrogen) atoms. The van der Waals surface area contributed by atoms with Crippen LogP contribution in [0.1, 0.15) is 361 Å². The first-order valence-electron chi connectivity index (χ1n) is 30.0. The molecular weight excluding hydrogens is 785 g/mol. The average Bonchev–Trinajstić information content (AvgIpc) is 3.30. The van der Waals surface area contributed by atoms with Crippen molar-refractivity contribution in [2.45, 2.75) is 361 Å². The van der Waals surface area contributed by atoms with E-state index in [4.69, 9.17) is 9.47 Å². The lowest BCUT2D eigenvalue weighted by atomic mass is 10.0. The van der Waals surface area contributed by atoms with E-state index in [2.05, 4.69) is 13.8 Å². The van der Waals surface area contributed by atoms with Crippen molar-refractivity contribution in [1.29, 1.82) is 0 Å². The van der Waals surface area contributed by atoms with Crippen molar-refractivity contribution < 1.29 is 19.1 Å². The highest BCUT2D eigenvalue weighted by Crippen LogP contribution is 2.18. The number of carbonyl (C=O) groups is 2. The standard InChI is InChI=1S/C60H118O4/c1-3-5-7-9-11-13-15-17-19-21-25-29-33-37-41-45-49-53-57-63-59(61)55-51-47-43-39-35-31-27-23-24-28-32-36-40-44-48-52-56-60(62)64-58-54-50-46-42-38-34-30-26-22-20-18-16-14-12-10-8-6-4-2/h3-58H2,1-2H3. The Morgan fingerprint density at radius 3 is 0.516 bits per heavy atom. The number of rotatable bonds is 57. The van der Waals surface area contributed by atoms with Crippen LogP contribution in [-0.2, 0) is 19.1 Å². The predicted molar refractivity (Wildman–Crippen MR) is 283 cm³/mol. The van der Waals surface area contributed by atoms with Crippen LogP contribution in [0.4, 0.5) is 0 Å². The summed E-state index contributed by atoms with van der Waals surface area (Å²) in [7, 11) is 0. The number of hydrogen-bond acceptors (Lipinski definition) is 4. The first kappa shape index (κ1) is 62.9. The van der Waals surface area contributed by atoms with Gasteiger partial charge in [0.25, 0.3) is 0 Å². The van der Waals surface area contributed by atoms with Crippen LogP contribution < -0.4 is 0 Å². The molecule has 0 heterocycles. The summed E-state index contributed by atoms with van der Waals surface area (Å²) >= 11 is 0. The van der Waals surface area contributed by atoms with E-state index in [0.29, 0.717) is 26.1 Å². The number of hydrogen-bond donors (Lipinski definition) is 0. The first-order valence-corrected chi connectivity index (χ1v) is 30.0. The number of carbonyl (C=O) groups excluding carboxylic acids is 2. The number of ether oxygens (including phenoxy) is 2. The quantitative estimate of drug-likeness (QED) is 0.0451. The Bertz CT molecular complexity index is 802. The fraction of sp³-hybridized carbons (Fsp3) is 0.967. The lowest BCUT2D eigenvalue weighted by Gasteiger charge is -2.06. The Balaban J connectivity index is 3.20. The van der Waals surface area contributed by atoms with Crippen LogP contribution in [0.15, 0.2) is 0 Å². The molecule has 0 aliphatic carbocycles. The van der Waals surface area contributed by atoms with Gasteiger partial charge in [-0.3, -0.25) is 9.59 Å². The second kappa shape index (κ2) is 58.1. The van der Waals surface area contributed by atoms with Crippen molar-refractivity contribution in [2.24, 2.45) is 0 Å². The molecule has 0 aromatic heterocycles. The molecule has 0 bridgehead atoms. The van der Waals surface area contributed by atoms with Gasteiger partial charge in [-0.1, -0.05) is 322 Å².